The second-order valence-electron chi connectivity index (χ2n) is 10.6. The molecule has 1 aromatic carbocycles. The first-order valence-electron chi connectivity index (χ1n) is 11.5. The molecule has 2 N–H and O–H groups in total. The summed E-state index contributed by atoms with van der Waals surface area (Å²) in [5.41, 5.74) is 2.71. The number of aliphatic hydroxyl groups is 1. The number of nitrogens with one attached hydrogen (secondary N) is 1. The van der Waals surface area contributed by atoms with Crippen molar-refractivity contribution in [3.8, 4) is 0 Å². The summed E-state index contributed by atoms with van der Waals surface area (Å²) in [4.78, 5) is 15.5. The molecule has 5 aliphatic rings. The largest absolute Gasteiger partial charge is 0.389 e. The summed E-state index contributed by atoms with van der Waals surface area (Å²) in [6, 6.07) is 8.46. The Morgan fingerprint density at radius 1 is 1.23 bits per heavy atom. The maximum atomic E-state index is 13.2. The normalized spacial score (nSPS) is 38.9. The predicted octanol–water partition coefficient (Wildman–Crippen LogP) is 3.55. The van der Waals surface area contributed by atoms with Crippen molar-refractivity contribution in [1.82, 2.24) is 15.1 Å². The summed E-state index contributed by atoms with van der Waals surface area (Å²) in [6.07, 6.45) is 6.17. The molecule has 2 aromatic rings. The summed E-state index contributed by atoms with van der Waals surface area (Å²) >= 11 is 3.56. The minimum Gasteiger partial charge on any atom is -0.389 e. The lowest BCUT2D eigenvalue weighted by atomic mass is 9.53. The Morgan fingerprint density at radius 2 is 2.06 bits per heavy atom. The molecule has 4 aliphatic carbocycles. The van der Waals surface area contributed by atoms with Crippen molar-refractivity contribution in [3.05, 3.63) is 40.0 Å². The van der Waals surface area contributed by atoms with Crippen LogP contribution in [0, 0.1) is 23.2 Å². The minimum atomic E-state index is -0.452. The van der Waals surface area contributed by atoms with E-state index in [2.05, 4.69) is 49.4 Å². The molecule has 0 radical (unpaired) electrons. The van der Waals surface area contributed by atoms with E-state index in [0.29, 0.717) is 23.4 Å². The van der Waals surface area contributed by atoms with E-state index in [9.17, 15) is 9.90 Å². The zero-order chi connectivity index (χ0) is 21.1. The summed E-state index contributed by atoms with van der Waals surface area (Å²) in [6.45, 7) is 0.890. The monoisotopic (exact) mass is 482 g/mol. The van der Waals surface area contributed by atoms with Gasteiger partial charge in [0.2, 0.25) is 0 Å². The lowest BCUT2D eigenvalue weighted by molar-refractivity contribution is -0.176. The number of anilines is 2. The SMILES string of the molecule is Cn1nc(C(=O)N[C@H]2C3CC4C[C@@]5(O)CC2CC45C3)cc1N1CCc2cc(Br)ccc21. The number of nitrogens with zero attached hydrogens (tertiary/aromatic N) is 3. The third kappa shape index (κ3) is 2.31. The number of carbonyl (C=O) groups is 1. The number of hydrogen-bond donors (Lipinski definition) is 2. The summed E-state index contributed by atoms with van der Waals surface area (Å²) in [5, 5.41) is 19.0. The maximum absolute atomic E-state index is 13.2. The van der Waals surface area contributed by atoms with Gasteiger partial charge in [-0.25, -0.2) is 0 Å². The van der Waals surface area contributed by atoms with Crippen molar-refractivity contribution >= 4 is 33.3 Å². The second kappa shape index (κ2) is 5.93. The number of aromatic nitrogens is 2. The van der Waals surface area contributed by atoms with Gasteiger partial charge in [-0.3, -0.25) is 9.48 Å². The van der Waals surface area contributed by atoms with E-state index >= 15 is 0 Å². The van der Waals surface area contributed by atoms with E-state index in [4.69, 9.17) is 0 Å². The van der Waals surface area contributed by atoms with Crippen LogP contribution in [-0.2, 0) is 13.5 Å². The molecule has 6 atom stereocenters. The summed E-state index contributed by atoms with van der Waals surface area (Å²) in [7, 11) is 1.91. The summed E-state index contributed by atoms with van der Waals surface area (Å²) in [5.74, 6) is 2.47. The number of aryl methyl sites for hydroxylation is 1. The fraction of sp³-hybridized carbons (Fsp3) is 0.583. The van der Waals surface area contributed by atoms with Gasteiger partial charge in [0.15, 0.2) is 5.69 Å². The van der Waals surface area contributed by atoms with Gasteiger partial charge in [0.05, 0.1) is 5.60 Å². The topological polar surface area (TPSA) is 70.4 Å². The highest BCUT2D eigenvalue weighted by molar-refractivity contribution is 9.10. The van der Waals surface area contributed by atoms with E-state index in [-0.39, 0.29) is 17.4 Å². The highest BCUT2D eigenvalue weighted by Crippen LogP contribution is 2.77. The van der Waals surface area contributed by atoms with Crippen LogP contribution in [0.25, 0.3) is 0 Å². The number of benzene rings is 1. The molecule has 7 rings (SSSR count). The smallest absolute Gasteiger partial charge is 0.272 e. The molecule has 1 amide bonds. The second-order valence-corrected chi connectivity index (χ2v) is 11.6. The minimum absolute atomic E-state index is 0.0750. The van der Waals surface area contributed by atoms with Gasteiger partial charge in [-0.15, -0.1) is 0 Å². The average molecular weight is 483 g/mol. The van der Waals surface area contributed by atoms with Gasteiger partial charge in [-0.05, 0) is 80.0 Å². The zero-order valence-electron chi connectivity index (χ0n) is 17.6. The molecule has 7 heteroatoms. The van der Waals surface area contributed by atoms with Gasteiger partial charge in [0, 0.05) is 41.3 Å². The first-order valence-corrected chi connectivity index (χ1v) is 12.3. The van der Waals surface area contributed by atoms with Gasteiger partial charge in [0.25, 0.3) is 5.91 Å². The van der Waals surface area contributed by atoms with E-state index in [1.807, 2.05) is 17.8 Å². The van der Waals surface area contributed by atoms with Gasteiger partial charge in [-0.1, -0.05) is 15.9 Å². The first kappa shape index (κ1) is 18.7. The van der Waals surface area contributed by atoms with Crippen molar-refractivity contribution < 1.29 is 9.90 Å². The lowest BCUT2D eigenvalue weighted by Gasteiger charge is -2.55. The Kier molecular flexibility index (Phi) is 3.57. The van der Waals surface area contributed by atoms with Crippen LogP contribution in [0.15, 0.2) is 28.7 Å². The van der Waals surface area contributed by atoms with Gasteiger partial charge >= 0.3 is 0 Å². The van der Waals surface area contributed by atoms with E-state index in [0.717, 1.165) is 55.4 Å². The third-order valence-corrected chi connectivity index (χ3v) is 9.84. The number of amides is 1. The molecular weight excluding hydrogens is 456 g/mol. The van der Waals surface area contributed by atoms with Crippen LogP contribution in [-0.4, -0.2) is 39.0 Å². The van der Waals surface area contributed by atoms with Crippen LogP contribution >= 0.6 is 15.9 Å². The van der Waals surface area contributed by atoms with Crippen molar-refractivity contribution in [2.24, 2.45) is 30.2 Å². The Morgan fingerprint density at radius 3 is 2.94 bits per heavy atom. The van der Waals surface area contributed by atoms with Crippen molar-refractivity contribution in [2.45, 2.75) is 50.2 Å². The van der Waals surface area contributed by atoms with Crippen molar-refractivity contribution in [1.29, 1.82) is 0 Å². The van der Waals surface area contributed by atoms with Crippen LogP contribution in [0.3, 0.4) is 0 Å². The molecule has 3 bridgehead atoms. The number of carbonyl (C=O) groups excluding carboxylic acids is 1. The standard InChI is InChI=1S/C24H27BrN4O2/c1-28-20(29-5-4-13-7-17(25)2-3-19(13)29)8-18(27-28)22(30)26-21-14-6-16-12-24(31)11-15(21)10-23(16,24)9-14/h2-3,7-8,14-16,21,31H,4-6,9-12H2,1H3,(H,26,30)/t14?,15?,16?,21-,23?,24-/m0/s1. The van der Waals surface area contributed by atoms with Crippen LogP contribution in [0.1, 0.15) is 48.2 Å². The Bertz CT molecular complexity index is 1130. The third-order valence-electron chi connectivity index (χ3n) is 9.35. The van der Waals surface area contributed by atoms with Gasteiger partial charge in [-0.2, -0.15) is 5.10 Å². The molecular formula is C24H27BrN4O2. The Hall–Kier alpha value is -1.86. The Labute approximate surface area is 190 Å². The predicted molar refractivity (Wildman–Crippen MR) is 120 cm³/mol. The molecule has 1 aliphatic heterocycles. The van der Waals surface area contributed by atoms with E-state index < -0.39 is 5.60 Å². The number of rotatable bonds is 3. The van der Waals surface area contributed by atoms with Gasteiger partial charge < -0.3 is 15.3 Å². The first-order chi connectivity index (χ1) is 14.9. The highest BCUT2D eigenvalue weighted by Gasteiger charge is 2.76. The maximum Gasteiger partial charge on any atom is 0.272 e. The zero-order valence-corrected chi connectivity index (χ0v) is 19.2. The van der Waals surface area contributed by atoms with Crippen LogP contribution < -0.4 is 10.2 Å². The molecule has 1 spiro atoms. The fourth-order valence-corrected chi connectivity index (χ4v) is 8.55. The summed E-state index contributed by atoms with van der Waals surface area (Å²) < 4.78 is 2.91. The fourth-order valence-electron chi connectivity index (χ4n) is 8.14. The molecule has 31 heavy (non-hydrogen) atoms. The molecule has 6 nitrogen and oxygen atoms in total. The molecule has 162 valence electrons. The van der Waals surface area contributed by atoms with Crippen LogP contribution in [0.2, 0.25) is 0 Å². The number of fused-ring (bicyclic) bond motifs is 3. The van der Waals surface area contributed by atoms with Crippen molar-refractivity contribution in [2.75, 3.05) is 11.4 Å². The molecule has 0 saturated heterocycles. The molecule has 2 heterocycles. The molecule has 4 saturated carbocycles. The Balaban J connectivity index is 1.13. The van der Waals surface area contributed by atoms with Crippen LogP contribution in [0.4, 0.5) is 11.5 Å². The number of halogens is 1. The molecule has 1 aromatic heterocycles. The van der Waals surface area contributed by atoms with Crippen LogP contribution in [0.5, 0.6) is 0 Å². The average Bonchev–Trinajstić information content (AvgIpc) is 3.42. The van der Waals surface area contributed by atoms with E-state index in [1.165, 1.54) is 11.3 Å². The lowest BCUT2D eigenvalue weighted by Crippen LogP contribution is -2.57. The molecule has 4 unspecified atom stereocenters. The van der Waals surface area contributed by atoms with Crippen molar-refractivity contribution in [3.63, 3.8) is 0 Å². The van der Waals surface area contributed by atoms with E-state index in [1.54, 1.807) is 0 Å². The van der Waals surface area contributed by atoms with Gasteiger partial charge in [0.1, 0.15) is 5.82 Å². The molecule has 4 fully saturated rings. The number of hydrogen-bond acceptors (Lipinski definition) is 4. The highest BCUT2D eigenvalue weighted by atomic mass is 79.9. The quantitative estimate of drug-likeness (QED) is 0.701.